The van der Waals surface area contributed by atoms with Crippen LogP contribution in [-0.2, 0) is 9.53 Å². The summed E-state index contributed by atoms with van der Waals surface area (Å²) in [6, 6.07) is 11.0. The van der Waals surface area contributed by atoms with Gasteiger partial charge >= 0.3 is 6.09 Å². The molecule has 164 valence electrons. The fourth-order valence-electron chi connectivity index (χ4n) is 3.60. The van der Waals surface area contributed by atoms with E-state index in [0.29, 0.717) is 30.9 Å². The van der Waals surface area contributed by atoms with Crippen molar-refractivity contribution in [2.45, 2.75) is 58.2 Å². The van der Waals surface area contributed by atoms with Gasteiger partial charge in [-0.15, -0.1) is 0 Å². The Morgan fingerprint density at radius 2 is 2.10 bits per heavy atom. The summed E-state index contributed by atoms with van der Waals surface area (Å²) in [7, 11) is 0. The number of anilines is 1. The summed E-state index contributed by atoms with van der Waals surface area (Å²) in [6.07, 6.45) is 0.571. The second-order valence-electron chi connectivity index (χ2n) is 8.71. The lowest BCUT2D eigenvalue weighted by Crippen LogP contribution is -2.50. The quantitative estimate of drug-likeness (QED) is 0.765. The van der Waals surface area contributed by atoms with Crippen molar-refractivity contribution in [3.63, 3.8) is 0 Å². The van der Waals surface area contributed by atoms with Gasteiger partial charge in [0.1, 0.15) is 23.5 Å². The molecule has 2 atom stereocenters. The largest absolute Gasteiger partial charge is 0.444 e. The zero-order chi connectivity index (χ0) is 22.6. The van der Waals surface area contributed by atoms with Crippen molar-refractivity contribution in [2.24, 2.45) is 0 Å². The summed E-state index contributed by atoms with van der Waals surface area (Å²) in [6.45, 7) is 8.39. The maximum atomic E-state index is 12.7. The van der Waals surface area contributed by atoms with Crippen LogP contribution >= 0.6 is 0 Å². The lowest BCUT2D eigenvalue weighted by Gasteiger charge is -2.24. The number of para-hydroxylation sites is 1. The summed E-state index contributed by atoms with van der Waals surface area (Å²) in [5.41, 5.74) is 0.719. The number of carbonyl (C=O) groups is 2. The number of nitrogens with one attached hydrogen (secondary N) is 2. The number of hydrogen-bond donors (Lipinski definition) is 2. The monoisotopic (exact) mass is 423 g/mol. The maximum Gasteiger partial charge on any atom is 0.408 e. The van der Waals surface area contributed by atoms with Crippen LogP contribution in [0.3, 0.4) is 0 Å². The molecule has 0 bridgehead atoms. The van der Waals surface area contributed by atoms with Crippen LogP contribution in [0.2, 0.25) is 0 Å². The van der Waals surface area contributed by atoms with Crippen LogP contribution in [0.4, 0.5) is 10.6 Å². The lowest BCUT2D eigenvalue weighted by molar-refractivity contribution is -0.123. The van der Waals surface area contributed by atoms with Gasteiger partial charge < -0.3 is 20.3 Å². The van der Waals surface area contributed by atoms with Gasteiger partial charge in [-0.2, -0.15) is 5.26 Å². The lowest BCUT2D eigenvalue weighted by atomic mass is 10.1. The molecule has 8 heteroatoms. The van der Waals surface area contributed by atoms with Crippen LogP contribution in [0.5, 0.6) is 0 Å². The normalized spacial score (nSPS) is 17.1. The Balaban J connectivity index is 1.64. The number of carbonyl (C=O) groups excluding carboxylic acids is 2. The van der Waals surface area contributed by atoms with Crippen LogP contribution in [0, 0.1) is 11.3 Å². The molecule has 1 fully saturated rings. The average molecular weight is 424 g/mol. The minimum atomic E-state index is -0.669. The molecular weight excluding hydrogens is 394 g/mol. The Labute approximate surface area is 182 Å². The Hall–Kier alpha value is -3.34. The van der Waals surface area contributed by atoms with Crippen molar-refractivity contribution >= 4 is 28.7 Å². The number of nitrogens with zero attached hydrogens (tertiary/aromatic N) is 3. The first-order valence-electron chi connectivity index (χ1n) is 10.5. The fourth-order valence-corrected chi connectivity index (χ4v) is 3.60. The number of hydrogen-bond acceptors (Lipinski definition) is 6. The molecule has 2 N–H and O–H groups in total. The van der Waals surface area contributed by atoms with E-state index in [1.807, 2.05) is 42.2 Å². The topological polar surface area (TPSA) is 107 Å². The number of alkyl carbamates (subject to hydrolysis) is 1. The van der Waals surface area contributed by atoms with Crippen LogP contribution in [-0.4, -0.2) is 47.8 Å². The van der Waals surface area contributed by atoms with Gasteiger partial charge in [0, 0.05) is 24.5 Å². The van der Waals surface area contributed by atoms with Gasteiger partial charge in [-0.05, 0) is 45.7 Å². The average Bonchev–Trinajstić information content (AvgIpc) is 3.17. The maximum absolute atomic E-state index is 12.7. The number of pyridine rings is 1. The minimum absolute atomic E-state index is 0.0956. The number of aromatic nitrogens is 1. The first-order valence-corrected chi connectivity index (χ1v) is 10.5. The van der Waals surface area contributed by atoms with Crippen molar-refractivity contribution in [1.82, 2.24) is 15.6 Å². The predicted molar refractivity (Wildman–Crippen MR) is 119 cm³/mol. The number of amides is 2. The summed E-state index contributed by atoms with van der Waals surface area (Å²) in [5, 5.41) is 16.1. The standard InChI is InChI=1S/C23H29N5O3/c1-5-18(27-22(30)31-23(2,3)4)21(29)25-17-10-11-28(14-17)20-16(13-24)12-15-8-6-7-9-19(15)26-20/h6-9,12,17-18H,5,10-11,14H2,1-4H3,(H,25,29)(H,27,30)/t17-,18-/m0/s1. The molecule has 1 saturated heterocycles. The molecule has 1 aliphatic rings. The van der Waals surface area contributed by atoms with E-state index in [1.54, 1.807) is 20.8 Å². The smallest absolute Gasteiger partial charge is 0.408 e. The summed E-state index contributed by atoms with van der Waals surface area (Å²) in [4.78, 5) is 31.4. The van der Waals surface area contributed by atoms with Crippen molar-refractivity contribution in [3.05, 3.63) is 35.9 Å². The van der Waals surface area contributed by atoms with E-state index in [4.69, 9.17) is 4.74 Å². The van der Waals surface area contributed by atoms with E-state index >= 15 is 0 Å². The van der Waals surface area contributed by atoms with E-state index in [2.05, 4.69) is 21.7 Å². The number of ether oxygens (including phenoxy) is 1. The highest BCUT2D eigenvalue weighted by Gasteiger charge is 2.30. The van der Waals surface area contributed by atoms with E-state index in [1.165, 1.54) is 0 Å². The highest BCUT2D eigenvalue weighted by atomic mass is 16.6. The van der Waals surface area contributed by atoms with Crippen molar-refractivity contribution in [2.75, 3.05) is 18.0 Å². The second-order valence-corrected chi connectivity index (χ2v) is 8.71. The third-order valence-corrected chi connectivity index (χ3v) is 5.07. The number of nitriles is 1. The van der Waals surface area contributed by atoms with E-state index in [0.717, 1.165) is 17.3 Å². The van der Waals surface area contributed by atoms with Gasteiger partial charge in [0.15, 0.2) is 0 Å². The zero-order valence-corrected chi connectivity index (χ0v) is 18.4. The Kier molecular flexibility index (Phi) is 6.64. The summed E-state index contributed by atoms with van der Waals surface area (Å²) >= 11 is 0. The molecule has 8 nitrogen and oxygen atoms in total. The SMILES string of the molecule is CC[C@H](NC(=O)OC(C)(C)C)C(=O)N[C@H]1CCN(c2nc3ccccc3cc2C#N)C1. The molecule has 3 rings (SSSR count). The molecule has 2 heterocycles. The number of rotatable bonds is 5. The fraction of sp³-hybridized carbons (Fsp3) is 0.478. The van der Waals surface area contributed by atoms with Crippen LogP contribution < -0.4 is 15.5 Å². The van der Waals surface area contributed by atoms with Crippen molar-refractivity contribution in [3.8, 4) is 6.07 Å². The molecule has 1 aromatic heterocycles. The Morgan fingerprint density at radius 1 is 1.35 bits per heavy atom. The third kappa shape index (κ3) is 5.63. The number of benzene rings is 1. The molecule has 1 aromatic carbocycles. The van der Waals surface area contributed by atoms with Crippen molar-refractivity contribution in [1.29, 1.82) is 5.26 Å². The third-order valence-electron chi connectivity index (χ3n) is 5.07. The first-order chi connectivity index (χ1) is 14.7. The van der Waals surface area contributed by atoms with Crippen LogP contribution in [0.1, 0.15) is 46.1 Å². The zero-order valence-electron chi connectivity index (χ0n) is 18.4. The van der Waals surface area contributed by atoms with Gasteiger partial charge in [-0.25, -0.2) is 9.78 Å². The highest BCUT2D eigenvalue weighted by molar-refractivity contribution is 5.86. The molecule has 0 radical (unpaired) electrons. The summed E-state index contributed by atoms with van der Waals surface area (Å²) < 4.78 is 5.25. The van der Waals surface area contributed by atoms with Gasteiger partial charge in [0.25, 0.3) is 0 Å². The molecule has 2 amide bonds. The van der Waals surface area contributed by atoms with Gasteiger partial charge in [0.2, 0.25) is 5.91 Å². The Morgan fingerprint density at radius 3 is 2.77 bits per heavy atom. The second kappa shape index (κ2) is 9.21. The molecule has 31 heavy (non-hydrogen) atoms. The van der Waals surface area contributed by atoms with E-state index < -0.39 is 17.7 Å². The molecule has 0 aliphatic carbocycles. The predicted octanol–water partition coefficient (Wildman–Crippen LogP) is 3.10. The molecule has 2 aromatic rings. The van der Waals surface area contributed by atoms with E-state index in [-0.39, 0.29) is 11.9 Å². The molecular formula is C23H29N5O3. The molecule has 0 unspecified atom stereocenters. The van der Waals surface area contributed by atoms with Crippen molar-refractivity contribution < 1.29 is 14.3 Å². The van der Waals surface area contributed by atoms with Crippen LogP contribution in [0.15, 0.2) is 30.3 Å². The van der Waals surface area contributed by atoms with E-state index in [9.17, 15) is 14.9 Å². The molecule has 1 aliphatic heterocycles. The Bertz CT molecular complexity index is 1010. The van der Waals surface area contributed by atoms with Gasteiger partial charge in [-0.1, -0.05) is 25.1 Å². The van der Waals surface area contributed by atoms with Crippen LogP contribution in [0.25, 0.3) is 10.9 Å². The molecule has 0 saturated carbocycles. The first kappa shape index (κ1) is 22.3. The molecule has 0 spiro atoms. The summed E-state index contributed by atoms with van der Waals surface area (Å²) in [5.74, 6) is 0.393. The van der Waals surface area contributed by atoms with Gasteiger partial charge in [0.05, 0.1) is 11.1 Å². The van der Waals surface area contributed by atoms with Gasteiger partial charge in [-0.3, -0.25) is 4.79 Å². The minimum Gasteiger partial charge on any atom is -0.444 e. The highest BCUT2D eigenvalue weighted by Crippen LogP contribution is 2.26. The number of fused-ring (bicyclic) bond motifs is 1.